The molecule has 1 aromatic heterocycles. The maximum Gasteiger partial charge on any atom is 0.325 e. The summed E-state index contributed by atoms with van der Waals surface area (Å²) in [6.45, 7) is 2.87. The monoisotopic (exact) mass is 352 g/mol. The number of carbonyl (C=O) groups excluding carboxylic acids is 3. The molecular formula is C17H24N2O4S. The minimum absolute atomic E-state index is 0.162. The van der Waals surface area contributed by atoms with E-state index in [-0.39, 0.29) is 25.0 Å². The van der Waals surface area contributed by atoms with Gasteiger partial charge in [0.2, 0.25) is 0 Å². The van der Waals surface area contributed by atoms with E-state index in [0.717, 1.165) is 43.6 Å². The zero-order valence-electron chi connectivity index (χ0n) is 14.0. The van der Waals surface area contributed by atoms with Crippen molar-refractivity contribution < 1.29 is 19.1 Å². The van der Waals surface area contributed by atoms with E-state index >= 15 is 0 Å². The summed E-state index contributed by atoms with van der Waals surface area (Å²) in [5.41, 5.74) is 0. The summed E-state index contributed by atoms with van der Waals surface area (Å²) in [6, 6.07) is 3.56. The second kappa shape index (κ2) is 9.42. The fourth-order valence-corrected chi connectivity index (χ4v) is 3.36. The van der Waals surface area contributed by atoms with E-state index in [2.05, 4.69) is 5.32 Å². The molecule has 0 spiro atoms. The van der Waals surface area contributed by atoms with Crippen molar-refractivity contribution in [1.82, 2.24) is 10.2 Å². The fourth-order valence-electron chi connectivity index (χ4n) is 2.58. The Morgan fingerprint density at radius 3 is 2.42 bits per heavy atom. The van der Waals surface area contributed by atoms with E-state index in [4.69, 9.17) is 4.74 Å². The van der Waals surface area contributed by atoms with Gasteiger partial charge in [0.15, 0.2) is 6.61 Å². The number of nitrogens with one attached hydrogen (secondary N) is 1. The van der Waals surface area contributed by atoms with Gasteiger partial charge in [0.05, 0.1) is 4.88 Å². The third kappa shape index (κ3) is 5.96. The van der Waals surface area contributed by atoms with E-state index in [1.54, 1.807) is 11.0 Å². The summed E-state index contributed by atoms with van der Waals surface area (Å²) in [5, 5.41) is 2.51. The fraction of sp³-hybridized carbons (Fsp3) is 0.588. The predicted octanol–water partition coefficient (Wildman–Crippen LogP) is 2.12. The van der Waals surface area contributed by atoms with Crippen molar-refractivity contribution in [1.29, 1.82) is 0 Å². The zero-order valence-corrected chi connectivity index (χ0v) is 14.8. The molecule has 0 aromatic carbocycles. The van der Waals surface area contributed by atoms with Crippen molar-refractivity contribution in [2.45, 2.75) is 39.0 Å². The van der Waals surface area contributed by atoms with Crippen LogP contribution >= 0.6 is 11.3 Å². The van der Waals surface area contributed by atoms with Gasteiger partial charge in [-0.05, 0) is 31.9 Å². The molecule has 132 valence electrons. The first-order valence-electron chi connectivity index (χ1n) is 8.34. The van der Waals surface area contributed by atoms with Gasteiger partial charge in [-0.25, -0.2) is 0 Å². The van der Waals surface area contributed by atoms with Crippen LogP contribution in [0, 0.1) is 6.92 Å². The average molecular weight is 352 g/mol. The molecule has 24 heavy (non-hydrogen) atoms. The zero-order chi connectivity index (χ0) is 17.4. The Balaban J connectivity index is 1.68. The van der Waals surface area contributed by atoms with Crippen LogP contribution in [0.3, 0.4) is 0 Å². The molecule has 1 aliphatic heterocycles. The van der Waals surface area contributed by atoms with Gasteiger partial charge in [0.1, 0.15) is 6.54 Å². The second-order valence-corrected chi connectivity index (χ2v) is 7.19. The molecule has 2 amide bonds. The molecule has 2 rings (SSSR count). The topological polar surface area (TPSA) is 75.7 Å². The van der Waals surface area contributed by atoms with Crippen LogP contribution in [0.2, 0.25) is 0 Å². The number of nitrogens with zero attached hydrogens (tertiary/aromatic N) is 1. The number of ether oxygens (including phenoxy) is 1. The summed E-state index contributed by atoms with van der Waals surface area (Å²) >= 11 is 1.36. The Morgan fingerprint density at radius 2 is 1.79 bits per heavy atom. The highest BCUT2D eigenvalue weighted by Gasteiger charge is 2.17. The van der Waals surface area contributed by atoms with Crippen molar-refractivity contribution in [3.05, 3.63) is 21.9 Å². The molecule has 2 heterocycles. The lowest BCUT2D eigenvalue weighted by Gasteiger charge is -2.24. The van der Waals surface area contributed by atoms with Crippen LogP contribution in [0.25, 0.3) is 0 Å². The SMILES string of the molecule is Cc1ccc(C(=O)NCC(=O)OCC(=O)N2CCCCCCC2)s1. The third-order valence-electron chi connectivity index (χ3n) is 3.92. The molecule has 0 radical (unpaired) electrons. The van der Waals surface area contributed by atoms with Crippen molar-refractivity contribution in [2.75, 3.05) is 26.2 Å². The number of thiophene rings is 1. The molecule has 0 bridgehead atoms. The van der Waals surface area contributed by atoms with E-state index in [1.807, 2.05) is 13.0 Å². The molecule has 0 atom stereocenters. The largest absolute Gasteiger partial charge is 0.454 e. The molecule has 1 aliphatic rings. The molecule has 6 nitrogen and oxygen atoms in total. The van der Waals surface area contributed by atoms with Gasteiger partial charge in [0, 0.05) is 18.0 Å². The second-order valence-electron chi connectivity index (χ2n) is 5.90. The number of aryl methyl sites for hydroxylation is 1. The molecule has 7 heteroatoms. The number of rotatable bonds is 5. The minimum Gasteiger partial charge on any atom is -0.454 e. The molecule has 0 aliphatic carbocycles. The number of esters is 1. The standard InChI is InChI=1S/C17H24N2O4S/c1-13-7-8-14(24-13)17(22)18-11-16(21)23-12-15(20)19-9-5-3-2-4-6-10-19/h7-8H,2-6,9-12H2,1H3,(H,18,22). The van der Waals surface area contributed by atoms with E-state index in [9.17, 15) is 14.4 Å². The van der Waals surface area contributed by atoms with Gasteiger partial charge in [-0.15, -0.1) is 11.3 Å². The van der Waals surface area contributed by atoms with Gasteiger partial charge in [0.25, 0.3) is 11.8 Å². The van der Waals surface area contributed by atoms with E-state index in [1.165, 1.54) is 17.8 Å². The molecule has 1 fully saturated rings. The first-order valence-corrected chi connectivity index (χ1v) is 9.16. The van der Waals surface area contributed by atoms with Gasteiger partial charge in [-0.2, -0.15) is 0 Å². The number of hydrogen-bond donors (Lipinski definition) is 1. The lowest BCUT2D eigenvalue weighted by atomic mass is 10.1. The smallest absolute Gasteiger partial charge is 0.325 e. The highest BCUT2D eigenvalue weighted by atomic mass is 32.1. The number of likely N-dealkylation sites (tertiary alicyclic amines) is 1. The molecule has 0 saturated carbocycles. The molecule has 1 aromatic rings. The number of carbonyl (C=O) groups is 3. The Kier molecular flexibility index (Phi) is 7.24. The highest BCUT2D eigenvalue weighted by molar-refractivity contribution is 7.13. The van der Waals surface area contributed by atoms with Gasteiger partial charge in [-0.3, -0.25) is 14.4 Å². The van der Waals surface area contributed by atoms with Crippen molar-refractivity contribution in [3.8, 4) is 0 Å². The lowest BCUT2D eigenvalue weighted by Crippen LogP contribution is -2.38. The Labute approximate surface area is 146 Å². The molecule has 1 N–H and O–H groups in total. The maximum atomic E-state index is 12.1. The van der Waals surface area contributed by atoms with Crippen LogP contribution in [0.1, 0.15) is 46.7 Å². The molecule has 1 saturated heterocycles. The van der Waals surface area contributed by atoms with Crippen LogP contribution < -0.4 is 5.32 Å². The Morgan fingerprint density at radius 1 is 1.12 bits per heavy atom. The summed E-state index contributed by atoms with van der Waals surface area (Å²) in [6.07, 6.45) is 5.49. The lowest BCUT2D eigenvalue weighted by molar-refractivity contribution is -0.151. The van der Waals surface area contributed by atoms with Crippen LogP contribution in [-0.4, -0.2) is 48.9 Å². The summed E-state index contributed by atoms with van der Waals surface area (Å²) in [7, 11) is 0. The van der Waals surface area contributed by atoms with E-state index in [0.29, 0.717) is 4.88 Å². The summed E-state index contributed by atoms with van der Waals surface area (Å²) in [5.74, 6) is -1.07. The van der Waals surface area contributed by atoms with Crippen molar-refractivity contribution >= 4 is 29.1 Å². The normalized spacial score (nSPS) is 15.3. The predicted molar refractivity (Wildman–Crippen MR) is 92.0 cm³/mol. The van der Waals surface area contributed by atoms with Crippen LogP contribution in [0.4, 0.5) is 0 Å². The highest BCUT2D eigenvalue weighted by Crippen LogP contribution is 2.14. The summed E-state index contributed by atoms with van der Waals surface area (Å²) in [4.78, 5) is 39.0. The Bertz CT molecular complexity index is 577. The quantitative estimate of drug-likeness (QED) is 0.824. The maximum absolute atomic E-state index is 12.1. The van der Waals surface area contributed by atoms with Gasteiger partial charge in [-0.1, -0.05) is 19.3 Å². The van der Waals surface area contributed by atoms with Crippen LogP contribution in [-0.2, 0) is 14.3 Å². The summed E-state index contributed by atoms with van der Waals surface area (Å²) < 4.78 is 4.98. The van der Waals surface area contributed by atoms with Crippen LogP contribution in [0.5, 0.6) is 0 Å². The first kappa shape index (κ1) is 18.4. The van der Waals surface area contributed by atoms with Crippen LogP contribution in [0.15, 0.2) is 12.1 Å². The van der Waals surface area contributed by atoms with Gasteiger partial charge < -0.3 is 15.0 Å². The van der Waals surface area contributed by atoms with Crippen molar-refractivity contribution in [3.63, 3.8) is 0 Å². The number of hydrogen-bond acceptors (Lipinski definition) is 5. The minimum atomic E-state index is -0.600. The third-order valence-corrected chi connectivity index (χ3v) is 4.92. The van der Waals surface area contributed by atoms with Crippen molar-refractivity contribution in [2.24, 2.45) is 0 Å². The van der Waals surface area contributed by atoms with Gasteiger partial charge >= 0.3 is 5.97 Å². The van der Waals surface area contributed by atoms with E-state index < -0.39 is 5.97 Å². The Hall–Kier alpha value is -1.89. The average Bonchev–Trinajstić information content (AvgIpc) is 2.96. The molecule has 0 unspecified atom stereocenters. The first-order chi connectivity index (χ1) is 11.6. The number of amides is 2. The molecular weight excluding hydrogens is 328 g/mol.